The third-order valence-corrected chi connectivity index (χ3v) is 3.20. The molecule has 2 nitrogen and oxygen atoms in total. The summed E-state index contributed by atoms with van der Waals surface area (Å²) in [6.07, 6.45) is 1.64. The van der Waals surface area contributed by atoms with Crippen molar-refractivity contribution in [3.8, 4) is 5.75 Å². The topological polar surface area (TPSA) is 22.1 Å². The van der Waals surface area contributed by atoms with Gasteiger partial charge >= 0.3 is 0 Å². The smallest absolute Gasteiger partial charge is 0.138 e. The minimum Gasteiger partial charge on any atom is -0.487 e. The molecule has 0 saturated heterocycles. The summed E-state index contributed by atoms with van der Waals surface area (Å²) in [7, 11) is 0. The molecule has 1 heterocycles. The molecule has 2 aromatic rings. The van der Waals surface area contributed by atoms with Crippen molar-refractivity contribution in [3.05, 3.63) is 57.8 Å². The van der Waals surface area contributed by atoms with Crippen molar-refractivity contribution >= 4 is 34.8 Å². The molecule has 0 aliphatic heterocycles. The molecule has 0 N–H and O–H groups in total. The number of hydrogen-bond donors (Lipinski definition) is 0. The fraction of sp³-hybridized carbons (Fsp3) is 0.154. The maximum atomic E-state index is 6.05. The van der Waals surface area contributed by atoms with Crippen molar-refractivity contribution < 1.29 is 4.74 Å². The predicted octanol–water partition coefficient (Wildman–Crippen LogP) is 4.71. The van der Waals surface area contributed by atoms with Gasteiger partial charge in [0, 0.05) is 15.6 Å². The lowest BCUT2D eigenvalue weighted by molar-refractivity contribution is 0.305. The van der Waals surface area contributed by atoms with Gasteiger partial charge in [-0.3, -0.25) is 4.98 Å². The molecular formula is C13H10Cl3NO. The Kier molecular flexibility index (Phi) is 4.70. The summed E-state index contributed by atoms with van der Waals surface area (Å²) in [4.78, 5) is 4.13. The first kappa shape index (κ1) is 13.5. The average molecular weight is 303 g/mol. The van der Waals surface area contributed by atoms with Crippen LogP contribution in [0.5, 0.6) is 5.75 Å². The molecule has 0 radical (unpaired) electrons. The van der Waals surface area contributed by atoms with Gasteiger partial charge in [-0.1, -0.05) is 29.3 Å². The highest BCUT2D eigenvalue weighted by atomic mass is 35.5. The van der Waals surface area contributed by atoms with Crippen LogP contribution in [-0.4, -0.2) is 4.98 Å². The van der Waals surface area contributed by atoms with Crippen molar-refractivity contribution in [2.24, 2.45) is 0 Å². The van der Waals surface area contributed by atoms with Gasteiger partial charge in [-0.15, -0.1) is 11.6 Å². The molecule has 2 rings (SSSR count). The SMILES string of the molecule is ClCc1ccc(OCc2ccc(Cl)cc2Cl)cn1. The monoisotopic (exact) mass is 301 g/mol. The third kappa shape index (κ3) is 3.52. The van der Waals surface area contributed by atoms with Gasteiger partial charge in [-0.25, -0.2) is 0 Å². The molecule has 0 aliphatic carbocycles. The highest BCUT2D eigenvalue weighted by Crippen LogP contribution is 2.22. The summed E-state index contributed by atoms with van der Waals surface area (Å²) in [5.74, 6) is 1.07. The molecule has 1 aromatic heterocycles. The second-order valence-electron chi connectivity index (χ2n) is 3.64. The summed E-state index contributed by atoms with van der Waals surface area (Å²) in [5, 5.41) is 1.20. The summed E-state index contributed by atoms with van der Waals surface area (Å²) in [5.41, 5.74) is 1.69. The maximum absolute atomic E-state index is 6.05. The molecule has 0 saturated carbocycles. The van der Waals surface area contributed by atoms with E-state index < -0.39 is 0 Å². The first-order valence-corrected chi connectivity index (χ1v) is 6.55. The summed E-state index contributed by atoms with van der Waals surface area (Å²) < 4.78 is 5.58. The number of pyridine rings is 1. The van der Waals surface area contributed by atoms with Crippen LogP contribution in [0.2, 0.25) is 10.0 Å². The van der Waals surface area contributed by atoms with Crippen LogP contribution in [0.4, 0.5) is 0 Å². The number of halogens is 3. The van der Waals surface area contributed by atoms with Gasteiger partial charge in [-0.05, 0) is 24.3 Å². The van der Waals surface area contributed by atoms with E-state index in [0.29, 0.717) is 28.3 Å². The van der Waals surface area contributed by atoms with Crippen LogP contribution in [0.3, 0.4) is 0 Å². The van der Waals surface area contributed by atoms with E-state index in [1.165, 1.54) is 0 Å². The fourth-order valence-corrected chi connectivity index (χ4v) is 2.00. The zero-order chi connectivity index (χ0) is 13.0. The molecule has 0 unspecified atom stereocenters. The van der Waals surface area contributed by atoms with E-state index in [-0.39, 0.29) is 0 Å². The number of aromatic nitrogens is 1. The summed E-state index contributed by atoms with van der Waals surface area (Å²) in [6, 6.07) is 8.96. The fourth-order valence-electron chi connectivity index (χ4n) is 1.38. The van der Waals surface area contributed by atoms with Crippen LogP contribution in [0.1, 0.15) is 11.3 Å². The van der Waals surface area contributed by atoms with Crippen molar-refractivity contribution in [2.45, 2.75) is 12.5 Å². The summed E-state index contributed by atoms with van der Waals surface area (Å²) in [6.45, 7) is 0.373. The molecule has 1 aromatic carbocycles. The van der Waals surface area contributed by atoms with E-state index in [2.05, 4.69) is 4.98 Å². The minimum atomic E-state index is 0.373. The maximum Gasteiger partial charge on any atom is 0.138 e. The molecular weight excluding hydrogens is 293 g/mol. The van der Waals surface area contributed by atoms with Crippen molar-refractivity contribution in [2.75, 3.05) is 0 Å². The lowest BCUT2D eigenvalue weighted by Gasteiger charge is -2.08. The number of rotatable bonds is 4. The Morgan fingerprint density at radius 1 is 1.11 bits per heavy atom. The Labute approximate surface area is 120 Å². The quantitative estimate of drug-likeness (QED) is 0.763. The molecule has 94 valence electrons. The molecule has 18 heavy (non-hydrogen) atoms. The van der Waals surface area contributed by atoms with Gasteiger partial charge in [-0.2, -0.15) is 0 Å². The van der Waals surface area contributed by atoms with Gasteiger partial charge in [0.15, 0.2) is 0 Å². The molecule has 0 fully saturated rings. The van der Waals surface area contributed by atoms with Gasteiger partial charge < -0.3 is 4.74 Å². The number of nitrogens with zero attached hydrogens (tertiary/aromatic N) is 1. The van der Waals surface area contributed by atoms with E-state index in [1.807, 2.05) is 18.2 Å². The number of alkyl halides is 1. The van der Waals surface area contributed by atoms with E-state index in [9.17, 15) is 0 Å². The first-order valence-electron chi connectivity index (χ1n) is 5.26. The Hall–Kier alpha value is -0.960. The largest absolute Gasteiger partial charge is 0.487 e. The zero-order valence-electron chi connectivity index (χ0n) is 9.37. The second-order valence-corrected chi connectivity index (χ2v) is 4.75. The van der Waals surface area contributed by atoms with E-state index in [0.717, 1.165) is 11.3 Å². The van der Waals surface area contributed by atoms with E-state index in [1.54, 1.807) is 18.3 Å². The van der Waals surface area contributed by atoms with Crippen LogP contribution in [0.25, 0.3) is 0 Å². The summed E-state index contributed by atoms with van der Waals surface area (Å²) >= 11 is 17.5. The van der Waals surface area contributed by atoms with E-state index >= 15 is 0 Å². The van der Waals surface area contributed by atoms with Crippen LogP contribution < -0.4 is 4.74 Å². The Morgan fingerprint density at radius 2 is 1.94 bits per heavy atom. The molecule has 0 atom stereocenters. The highest BCUT2D eigenvalue weighted by molar-refractivity contribution is 6.35. The van der Waals surface area contributed by atoms with Crippen molar-refractivity contribution in [1.29, 1.82) is 0 Å². The Balaban J connectivity index is 2.02. The lowest BCUT2D eigenvalue weighted by Crippen LogP contribution is -1.97. The standard InChI is InChI=1S/C13H10Cl3NO/c14-6-11-3-4-12(7-17-11)18-8-9-1-2-10(15)5-13(9)16/h1-5,7H,6,8H2. The lowest BCUT2D eigenvalue weighted by atomic mass is 10.2. The number of ether oxygens (including phenoxy) is 1. The highest BCUT2D eigenvalue weighted by Gasteiger charge is 2.03. The van der Waals surface area contributed by atoms with Gasteiger partial charge in [0.05, 0.1) is 17.8 Å². The van der Waals surface area contributed by atoms with Crippen LogP contribution in [0.15, 0.2) is 36.5 Å². The molecule has 0 bridgehead atoms. The van der Waals surface area contributed by atoms with Crippen LogP contribution >= 0.6 is 34.8 Å². The molecule has 0 aliphatic rings. The molecule has 5 heteroatoms. The normalized spacial score (nSPS) is 10.4. The predicted molar refractivity (Wildman–Crippen MR) is 74.6 cm³/mol. The molecule has 0 amide bonds. The zero-order valence-corrected chi connectivity index (χ0v) is 11.6. The minimum absolute atomic E-state index is 0.373. The number of hydrogen-bond acceptors (Lipinski definition) is 2. The Bertz CT molecular complexity index is 528. The average Bonchev–Trinajstić information content (AvgIpc) is 2.38. The van der Waals surface area contributed by atoms with Crippen LogP contribution in [0, 0.1) is 0 Å². The molecule has 0 spiro atoms. The second kappa shape index (κ2) is 6.28. The van der Waals surface area contributed by atoms with Crippen molar-refractivity contribution in [1.82, 2.24) is 4.98 Å². The van der Waals surface area contributed by atoms with E-state index in [4.69, 9.17) is 39.5 Å². The Morgan fingerprint density at radius 3 is 2.56 bits per heavy atom. The van der Waals surface area contributed by atoms with Crippen LogP contribution in [-0.2, 0) is 12.5 Å². The third-order valence-electron chi connectivity index (χ3n) is 2.34. The number of benzene rings is 1. The van der Waals surface area contributed by atoms with Crippen molar-refractivity contribution in [3.63, 3.8) is 0 Å². The van der Waals surface area contributed by atoms with Gasteiger partial charge in [0.1, 0.15) is 12.4 Å². The van der Waals surface area contributed by atoms with Gasteiger partial charge in [0.25, 0.3) is 0 Å². The first-order chi connectivity index (χ1) is 8.69. The van der Waals surface area contributed by atoms with Gasteiger partial charge in [0.2, 0.25) is 0 Å².